The molecule has 82 valence electrons. The van der Waals surface area contributed by atoms with Gasteiger partial charge >= 0.3 is 5.24 Å². The predicted octanol–water partition coefficient (Wildman–Crippen LogP) is 0.341. The van der Waals surface area contributed by atoms with Crippen molar-refractivity contribution in [2.75, 3.05) is 7.11 Å². The average Bonchev–Trinajstić information content (AvgIpc) is 2.59. The number of carbonyl (C=O) groups excluding carboxylic acids is 1. The summed E-state index contributed by atoms with van der Waals surface area (Å²) >= 11 is 1.10. The first-order valence-corrected chi connectivity index (χ1v) is 5.48. The van der Waals surface area contributed by atoms with E-state index in [4.69, 9.17) is 10.5 Å². The van der Waals surface area contributed by atoms with Crippen molar-refractivity contribution in [3.63, 3.8) is 0 Å². The van der Waals surface area contributed by atoms with Crippen molar-refractivity contribution in [3.05, 3.63) is 34.7 Å². The Kier molecular flexibility index (Phi) is 2.96. The molecule has 0 radical (unpaired) electrons. The lowest BCUT2D eigenvalue weighted by atomic mass is 10.2. The lowest BCUT2D eigenvalue weighted by molar-refractivity contribution is -0.326. The molecule has 0 bridgehead atoms. The summed E-state index contributed by atoms with van der Waals surface area (Å²) < 4.78 is 5.06. The molecule has 3 N–H and O–H groups in total. The third-order valence-electron chi connectivity index (χ3n) is 2.12. The van der Waals surface area contributed by atoms with Crippen molar-refractivity contribution in [2.24, 2.45) is 5.73 Å². The quantitative estimate of drug-likeness (QED) is 0.776. The Morgan fingerprint density at radius 3 is 2.56 bits per heavy atom. The van der Waals surface area contributed by atoms with E-state index in [1.807, 2.05) is 30.3 Å². The first-order chi connectivity index (χ1) is 7.69. The van der Waals surface area contributed by atoms with Gasteiger partial charge in [0.2, 0.25) is 0 Å². The van der Waals surface area contributed by atoms with Crippen molar-refractivity contribution in [2.45, 2.75) is 0 Å². The zero-order valence-electron chi connectivity index (χ0n) is 8.69. The van der Waals surface area contributed by atoms with Gasteiger partial charge in [-0.3, -0.25) is 5.73 Å². The molecule has 1 amide bonds. The van der Waals surface area contributed by atoms with Crippen LogP contribution >= 0.6 is 11.8 Å². The smallest absolute Gasteiger partial charge is 0.372 e. The van der Waals surface area contributed by atoms with Crippen LogP contribution < -0.4 is 15.5 Å². The summed E-state index contributed by atoms with van der Waals surface area (Å²) in [5, 5.41) is -0.141. The molecular formula is C11H11N2O2S+. The van der Waals surface area contributed by atoms with E-state index < -0.39 is 0 Å². The van der Waals surface area contributed by atoms with Crippen LogP contribution in [0.3, 0.4) is 0 Å². The second-order valence-electron chi connectivity index (χ2n) is 3.21. The number of rotatable bonds is 2. The number of amides is 1. The molecule has 0 aromatic heterocycles. The van der Waals surface area contributed by atoms with Crippen LogP contribution in [0.15, 0.2) is 29.2 Å². The maximum Gasteiger partial charge on any atom is 0.372 e. The molecule has 4 nitrogen and oxygen atoms in total. The summed E-state index contributed by atoms with van der Waals surface area (Å²) in [6.07, 6.45) is 1.86. The standard InChI is InChI=1S/C11H10N2O2S/c1-15-8-4-2-7(3-5-8)6-9-10(12)13-11(14)16-9/h2-6H,1H3,(H2,12,13,14)/p+1/b9-6-. The number of hydrogen-bond donors (Lipinski definition) is 2. The third-order valence-corrected chi connectivity index (χ3v) is 2.96. The molecule has 0 aliphatic carbocycles. The molecule has 1 aliphatic heterocycles. The van der Waals surface area contributed by atoms with Gasteiger partial charge in [0.05, 0.1) is 7.11 Å². The molecular weight excluding hydrogens is 224 g/mol. The van der Waals surface area contributed by atoms with Gasteiger partial charge in [-0.2, -0.15) is 4.99 Å². The van der Waals surface area contributed by atoms with Gasteiger partial charge in [0.25, 0.3) is 5.84 Å². The molecule has 0 fully saturated rings. The number of carbonyl (C=O) groups is 1. The molecule has 1 heterocycles. The zero-order chi connectivity index (χ0) is 11.5. The third kappa shape index (κ3) is 2.25. The molecule has 16 heavy (non-hydrogen) atoms. The van der Waals surface area contributed by atoms with Gasteiger partial charge in [-0.1, -0.05) is 12.1 Å². The molecule has 0 spiro atoms. The first kappa shape index (κ1) is 10.8. The van der Waals surface area contributed by atoms with Crippen molar-refractivity contribution in [1.29, 1.82) is 0 Å². The SMILES string of the molecule is COc1ccc(/C=C2\SC(=O)[NH+]=C2N)cc1. The minimum atomic E-state index is -0.141. The Hall–Kier alpha value is -1.75. The summed E-state index contributed by atoms with van der Waals surface area (Å²) in [6, 6.07) is 7.53. The first-order valence-electron chi connectivity index (χ1n) is 4.66. The van der Waals surface area contributed by atoms with Crippen LogP contribution in [0.4, 0.5) is 4.79 Å². The number of ether oxygens (including phenoxy) is 1. The summed E-state index contributed by atoms with van der Waals surface area (Å²) in [4.78, 5) is 14.3. The van der Waals surface area contributed by atoms with E-state index in [-0.39, 0.29) is 5.24 Å². The maximum absolute atomic E-state index is 11.0. The number of thioether (sulfide) groups is 1. The van der Waals surface area contributed by atoms with Crippen molar-refractivity contribution < 1.29 is 14.5 Å². The van der Waals surface area contributed by atoms with E-state index in [9.17, 15) is 4.79 Å². The van der Waals surface area contributed by atoms with E-state index in [1.165, 1.54) is 0 Å². The van der Waals surface area contributed by atoms with E-state index in [0.717, 1.165) is 28.0 Å². The Morgan fingerprint density at radius 2 is 2.06 bits per heavy atom. The fourth-order valence-corrected chi connectivity index (χ4v) is 2.03. The Labute approximate surface area is 97.2 Å². The summed E-state index contributed by atoms with van der Waals surface area (Å²) in [7, 11) is 1.62. The highest BCUT2D eigenvalue weighted by Gasteiger charge is 2.23. The number of amidine groups is 1. The molecule has 0 saturated heterocycles. The zero-order valence-corrected chi connectivity index (χ0v) is 9.51. The number of hydrogen-bond acceptors (Lipinski definition) is 4. The number of benzene rings is 1. The fourth-order valence-electron chi connectivity index (χ4n) is 1.31. The van der Waals surface area contributed by atoms with Gasteiger partial charge in [0.15, 0.2) is 0 Å². The second-order valence-corrected chi connectivity index (χ2v) is 4.22. The van der Waals surface area contributed by atoms with Crippen LogP contribution in [0.1, 0.15) is 5.56 Å². The second kappa shape index (κ2) is 4.40. The largest absolute Gasteiger partial charge is 0.497 e. The summed E-state index contributed by atoms with van der Waals surface area (Å²) in [6.45, 7) is 0. The topological polar surface area (TPSA) is 66.3 Å². The molecule has 0 atom stereocenters. The van der Waals surface area contributed by atoms with Crippen molar-refractivity contribution in [3.8, 4) is 5.75 Å². The summed E-state index contributed by atoms with van der Waals surface area (Å²) in [5.74, 6) is 1.21. The minimum Gasteiger partial charge on any atom is -0.497 e. The van der Waals surface area contributed by atoms with Crippen LogP contribution in [0.5, 0.6) is 5.75 Å². The van der Waals surface area contributed by atoms with Gasteiger partial charge in [0, 0.05) is 11.8 Å². The van der Waals surface area contributed by atoms with Crippen LogP contribution in [0.25, 0.3) is 6.08 Å². The van der Waals surface area contributed by atoms with Gasteiger partial charge in [-0.15, -0.1) is 0 Å². The maximum atomic E-state index is 11.0. The Balaban J connectivity index is 2.23. The fraction of sp³-hybridized carbons (Fsp3) is 0.0909. The van der Waals surface area contributed by atoms with E-state index in [0.29, 0.717) is 5.84 Å². The average molecular weight is 235 g/mol. The van der Waals surface area contributed by atoms with Gasteiger partial charge < -0.3 is 4.74 Å². The van der Waals surface area contributed by atoms with Crippen molar-refractivity contribution >= 4 is 28.9 Å². The number of methoxy groups -OCH3 is 1. The van der Waals surface area contributed by atoms with Crippen LogP contribution in [-0.4, -0.2) is 18.2 Å². The highest BCUT2D eigenvalue weighted by Crippen LogP contribution is 2.21. The van der Waals surface area contributed by atoms with Crippen molar-refractivity contribution in [1.82, 2.24) is 0 Å². The van der Waals surface area contributed by atoms with Crippen LogP contribution in [0, 0.1) is 0 Å². The summed E-state index contributed by atoms with van der Waals surface area (Å²) in [5.41, 5.74) is 6.62. The lowest BCUT2D eigenvalue weighted by Gasteiger charge is -1.99. The van der Waals surface area contributed by atoms with Gasteiger partial charge in [-0.05, 0) is 23.8 Å². The Bertz CT molecular complexity index is 477. The van der Waals surface area contributed by atoms with E-state index in [2.05, 4.69) is 4.99 Å². The van der Waals surface area contributed by atoms with E-state index >= 15 is 0 Å². The normalized spacial score (nSPS) is 17.7. The van der Waals surface area contributed by atoms with E-state index in [1.54, 1.807) is 7.11 Å². The molecule has 0 unspecified atom stereocenters. The van der Waals surface area contributed by atoms with Crippen LogP contribution in [0.2, 0.25) is 0 Å². The molecule has 2 rings (SSSR count). The Morgan fingerprint density at radius 1 is 1.38 bits per heavy atom. The molecule has 0 saturated carbocycles. The highest BCUT2D eigenvalue weighted by atomic mass is 32.2. The minimum absolute atomic E-state index is 0.141. The lowest BCUT2D eigenvalue weighted by Crippen LogP contribution is -2.74. The number of nitrogens with two attached hydrogens (primary N) is 1. The monoisotopic (exact) mass is 235 g/mol. The molecule has 1 aliphatic rings. The molecule has 5 heteroatoms. The predicted molar refractivity (Wildman–Crippen MR) is 64.1 cm³/mol. The van der Waals surface area contributed by atoms with Crippen LogP contribution in [-0.2, 0) is 0 Å². The highest BCUT2D eigenvalue weighted by molar-refractivity contribution is 8.17. The van der Waals surface area contributed by atoms with Gasteiger partial charge in [0.1, 0.15) is 10.7 Å². The van der Waals surface area contributed by atoms with Gasteiger partial charge in [-0.25, -0.2) is 4.79 Å². The molecule has 1 aromatic carbocycles. The number of nitrogens with one attached hydrogen (secondary N) is 1. The molecule has 1 aromatic rings.